The maximum Gasteiger partial charge on any atom is 0.333 e. The number of hydrogen-bond donors (Lipinski definition) is 1. The van der Waals surface area contributed by atoms with Gasteiger partial charge in [-0.05, 0) is 13.3 Å². The topological polar surface area (TPSA) is 40.5 Å². The molecule has 0 atom stereocenters. The summed E-state index contributed by atoms with van der Waals surface area (Å²) in [6.07, 6.45) is 4.21. The quantitative estimate of drug-likeness (QED) is 0.517. The second-order valence-electron chi connectivity index (χ2n) is 3.21. The van der Waals surface area contributed by atoms with Gasteiger partial charge in [0, 0.05) is 18.8 Å². The first-order valence-electron chi connectivity index (χ1n) is 4.98. The van der Waals surface area contributed by atoms with Gasteiger partial charge in [0.1, 0.15) is 0 Å². The van der Waals surface area contributed by atoms with Crippen LogP contribution in [0.1, 0.15) is 20.3 Å². The van der Waals surface area contributed by atoms with Crippen LogP contribution in [0.25, 0.3) is 0 Å². The standard InChI is InChI=1S/C12H19NO2/c1-5-8-13(9-6-2)11(7-3)10(4)12(14)15/h5-6H,1-2,7-9H2,3-4H3,(H,14,15). The summed E-state index contributed by atoms with van der Waals surface area (Å²) in [6.45, 7) is 12.2. The van der Waals surface area contributed by atoms with Gasteiger partial charge in [-0.3, -0.25) is 0 Å². The molecule has 0 saturated carbocycles. The molecule has 0 aromatic heterocycles. The molecule has 1 N–H and O–H groups in total. The Kier molecular flexibility index (Phi) is 6.18. The molecular weight excluding hydrogens is 190 g/mol. The van der Waals surface area contributed by atoms with Crippen molar-refractivity contribution in [3.8, 4) is 0 Å². The van der Waals surface area contributed by atoms with Gasteiger partial charge in [0.25, 0.3) is 0 Å². The summed E-state index contributed by atoms with van der Waals surface area (Å²) < 4.78 is 0. The lowest BCUT2D eigenvalue weighted by Gasteiger charge is -2.25. The van der Waals surface area contributed by atoms with Crippen molar-refractivity contribution in [3.05, 3.63) is 36.6 Å². The molecule has 3 heteroatoms. The first-order chi connectivity index (χ1) is 7.08. The minimum absolute atomic E-state index is 0.390. The van der Waals surface area contributed by atoms with Crippen molar-refractivity contribution in [2.45, 2.75) is 20.3 Å². The fraction of sp³-hybridized carbons (Fsp3) is 0.417. The summed E-state index contributed by atoms with van der Waals surface area (Å²) in [5, 5.41) is 8.93. The highest BCUT2D eigenvalue weighted by Crippen LogP contribution is 2.14. The zero-order valence-corrected chi connectivity index (χ0v) is 9.49. The second kappa shape index (κ2) is 6.87. The van der Waals surface area contributed by atoms with Crippen LogP contribution in [0, 0.1) is 0 Å². The number of rotatable bonds is 7. The van der Waals surface area contributed by atoms with E-state index in [0.29, 0.717) is 25.1 Å². The molecule has 3 nitrogen and oxygen atoms in total. The number of aliphatic carboxylic acids is 1. The summed E-state index contributed by atoms with van der Waals surface area (Å²) in [4.78, 5) is 12.8. The smallest absolute Gasteiger partial charge is 0.333 e. The number of nitrogens with zero attached hydrogens (tertiary/aromatic N) is 1. The zero-order valence-electron chi connectivity index (χ0n) is 9.49. The first-order valence-corrected chi connectivity index (χ1v) is 4.98. The Balaban J connectivity index is 5.02. The summed E-state index contributed by atoms with van der Waals surface area (Å²) in [6, 6.07) is 0. The minimum Gasteiger partial charge on any atom is -0.478 e. The third-order valence-corrected chi connectivity index (χ3v) is 2.17. The average Bonchev–Trinajstić information content (AvgIpc) is 2.19. The lowest BCUT2D eigenvalue weighted by molar-refractivity contribution is -0.132. The molecule has 0 aliphatic rings. The number of allylic oxidation sites excluding steroid dienone is 1. The molecule has 0 radical (unpaired) electrons. The van der Waals surface area contributed by atoms with Crippen molar-refractivity contribution in [1.29, 1.82) is 0 Å². The van der Waals surface area contributed by atoms with Gasteiger partial charge in [0.2, 0.25) is 0 Å². The van der Waals surface area contributed by atoms with E-state index < -0.39 is 5.97 Å². The van der Waals surface area contributed by atoms with Crippen LogP contribution in [0.5, 0.6) is 0 Å². The van der Waals surface area contributed by atoms with E-state index in [4.69, 9.17) is 5.11 Å². The van der Waals surface area contributed by atoms with Gasteiger partial charge in [-0.25, -0.2) is 4.79 Å². The van der Waals surface area contributed by atoms with Crippen LogP contribution in [0.2, 0.25) is 0 Å². The third kappa shape index (κ3) is 4.02. The van der Waals surface area contributed by atoms with E-state index in [1.807, 2.05) is 11.8 Å². The monoisotopic (exact) mass is 209 g/mol. The Morgan fingerprint density at radius 3 is 2.07 bits per heavy atom. The molecule has 84 valence electrons. The van der Waals surface area contributed by atoms with Gasteiger partial charge < -0.3 is 10.0 Å². The van der Waals surface area contributed by atoms with Crippen LogP contribution in [-0.2, 0) is 4.79 Å². The molecule has 0 saturated heterocycles. The van der Waals surface area contributed by atoms with Crippen LogP contribution in [-0.4, -0.2) is 29.1 Å². The normalized spacial score (nSPS) is 11.6. The van der Waals surface area contributed by atoms with Crippen molar-refractivity contribution in [3.63, 3.8) is 0 Å². The number of carbonyl (C=O) groups is 1. The average molecular weight is 209 g/mol. The number of hydrogen-bond acceptors (Lipinski definition) is 2. The Bertz CT molecular complexity index is 269. The highest BCUT2D eigenvalue weighted by atomic mass is 16.4. The van der Waals surface area contributed by atoms with E-state index in [9.17, 15) is 4.79 Å². The van der Waals surface area contributed by atoms with Crippen molar-refractivity contribution in [2.24, 2.45) is 0 Å². The molecule has 0 aliphatic heterocycles. The van der Waals surface area contributed by atoms with Crippen LogP contribution < -0.4 is 0 Å². The maximum atomic E-state index is 10.9. The molecule has 0 aliphatic carbocycles. The van der Waals surface area contributed by atoms with Crippen LogP contribution in [0.15, 0.2) is 36.6 Å². The highest BCUT2D eigenvalue weighted by molar-refractivity contribution is 5.86. The predicted octanol–water partition coefficient (Wildman–Crippen LogP) is 2.43. The third-order valence-electron chi connectivity index (χ3n) is 2.17. The van der Waals surface area contributed by atoms with Gasteiger partial charge in [-0.2, -0.15) is 0 Å². The van der Waals surface area contributed by atoms with E-state index in [2.05, 4.69) is 13.2 Å². The fourth-order valence-corrected chi connectivity index (χ4v) is 1.46. The van der Waals surface area contributed by atoms with E-state index in [0.717, 1.165) is 5.70 Å². The molecule has 15 heavy (non-hydrogen) atoms. The van der Waals surface area contributed by atoms with Crippen LogP contribution >= 0.6 is 0 Å². The molecule has 0 fully saturated rings. The lowest BCUT2D eigenvalue weighted by atomic mass is 10.1. The molecule has 0 spiro atoms. The van der Waals surface area contributed by atoms with Gasteiger partial charge in [0.05, 0.1) is 5.57 Å². The molecule has 0 amide bonds. The van der Waals surface area contributed by atoms with E-state index >= 15 is 0 Å². The molecular formula is C12H19NO2. The predicted molar refractivity (Wildman–Crippen MR) is 62.6 cm³/mol. The van der Waals surface area contributed by atoms with Gasteiger partial charge >= 0.3 is 5.97 Å². The summed E-state index contributed by atoms with van der Waals surface area (Å²) in [5.41, 5.74) is 1.23. The summed E-state index contributed by atoms with van der Waals surface area (Å²) >= 11 is 0. The van der Waals surface area contributed by atoms with E-state index in [-0.39, 0.29) is 0 Å². The number of carboxylic acid groups (broad SMARTS) is 1. The van der Waals surface area contributed by atoms with Crippen LogP contribution in [0.3, 0.4) is 0 Å². The van der Waals surface area contributed by atoms with Crippen molar-refractivity contribution < 1.29 is 9.90 Å². The molecule has 0 bridgehead atoms. The van der Waals surface area contributed by atoms with E-state index in [1.54, 1.807) is 19.1 Å². The Labute approximate surface area is 91.4 Å². The summed E-state index contributed by atoms with van der Waals surface area (Å²) in [7, 11) is 0. The molecule has 0 unspecified atom stereocenters. The van der Waals surface area contributed by atoms with Gasteiger partial charge in [-0.1, -0.05) is 19.1 Å². The Morgan fingerprint density at radius 1 is 1.33 bits per heavy atom. The minimum atomic E-state index is -0.870. The fourth-order valence-electron chi connectivity index (χ4n) is 1.46. The Hall–Kier alpha value is -1.51. The van der Waals surface area contributed by atoms with Crippen molar-refractivity contribution >= 4 is 5.97 Å². The second-order valence-corrected chi connectivity index (χ2v) is 3.21. The largest absolute Gasteiger partial charge is 0.478 e. The Morgan fingerprint density at radius 2 is 1.80 bits per heavy atom. The highest BCUT2D eigenvalue weighted by Gasteiger charge is 2.12. The number of carboxylic acids is 1. The summed E-state index contributed by atoms with van der Waals surface area (Å²) in [5.74, 6) is -0.870. The lowest BCUT2D eigenvalue weighted by Crippen LogP contribution is -2.25. The molecule has 0 aromatic rings. The van der Waals surface area contributed by atoms with Crippen LogP contribution in [0.4, 0.5) is 0 Å². The van der Waals surface area contributed by atoms with Crippen molar-refractivity contribution in [2.75, 3.05) is 13.1 Å². The van der Waals surface area contributed by atoms with Gasteiger partial charge in [-0.15, -0.1) is 13.2 Å². The van der Waals surface area contributed by atoms with E-state index in [1.165, 1.54) is 0 Å². The molecule has 0 heterocycles. The van der Waals surface area contributed by atoms with Crippen molar-refractivity contribution in [1.82, 2.24) is 4.90 Å². The molecule has 0 aromatic carbocycles. The first kappa shape index (κ1) is 13.5. The molecule has 0 rings (SSSR count). The SMILES string of the molecule is C=CCN(CC=C)C(CC)=C(C)C(=O)O. The van der Waals surface area contributed by atoms with Gasteiger partial charge in [0.15, 0.2) is 0 Å². The maximum absolute atomic E-state index is 10.9. The zero-order chi connectivity index (χ0) is 11.8.